The summed E-state index contributed by atoms with van der Waals surface area (Å²) in [6.45, 7) is 2.62. The highest BCUT2D eigenvalue weighted by Gasteiger charge is 2.35. The summed E-state index contributed by atoms with van der Waals surface area (Å²) >= 11 is 0. The highest BCUT2D eigenvalue weighted by atomic mass is 16.2. The molecule has 0 bridgehead atoms. The Morgan fingerprint density at radius 3 is 2.41 bits per heavy atom. The first-order valence-electron chi connectivity index (χ1n) is 4.88. The molecule has 2 amide bonds. The molecule has 0 atom stereocenters. The van der Waals surface area contributed by atoms with Gasteiger partial charge in [0.05, 0.1) is 0 Å². The number of carbonyl (C=O) groups is 2. The van der Waals surface area contributed by atoms with Gasteiger partial charge in [-0.05, 0) is 0 Å². The molecule has 3 N–H and O–H groups in total. The Bertz CT molecular complexity index is 564. The van der Waals surface area contributed by atoms with E-state index in [1.165, 1.54) is 23.6 Å². The normalized spacial score (nSPS) is 13.8. The maximum atomic E-state index is 11.7. The molecule has 1 aliphatic heterocycles. The number of nitrogens with two attached hydrogens (primary N) is 1. The van der Waals surface area contributed by atoms with E-state index >= 15 is 0 Å². The molecule has 17 heavy (non-hydrogen) atoms. The van der Waals surface area contributed by atoms with Gasteiger partial charge in [0, 0.05) is 13.8 Å². The summed E-state index contributed by atoms with van der Waals surface area (Å²) in [5.74, 6) is -0.626. The third kappa shape index (κ3) is 1.63. The van der Waals surface area contributed by atoms with Crippen LogP contribution in [0.1, 0.15) is 13.8 Å². The van der Waals surface area contributed by atoms with Crippen LogP contribution in [-0.4, -0.2) is 28.5 Å². The number of hydrogen-bond acceptors (Lipinski definition) is 5. The molecule has 0 saturated carbocycles. The van der Waals surface area contributed by atoms with Gasteiger partial charge in [-0.25, -0.2) is 0 Å². The summed E-state index contributed by atoms with van der Waals surface area (Å²) in [7, 11) is 0. The fourth-order valence-electron chi connectivity index (χ4n) is 1.69. The van der Waals surface area contributed by atoms with Gasteiger partial charge in [0.25, 0.3) is 5.56 Å². The first-order valence-corrected chi connectivity index (χ1v) is 4.88. The summed E-state index contributed by atoms with van der Waals surface area (Å²) < 4.78 is 0. The molecule has 8 heteroatoms. The molecule has 8 nitrogen and oxygen atoms in total. The van der Waals surface area contributed by atoms with E-state index in [-0.39, 0.29) is 35.9 Å². The van der Waals surface area contributed by atoms with Crippen molar-refractivity contribution in [2.75, 3.05) is 22.2 Å². The largest absolute Gasteiger partial charge is 0.369 e. The average Bonchev–Trinajstić information content (AvgIpc) is 2.56. The highest BCUT2D eigenvalue weighted by Crippen LogP contribution is 2.30. The second-order valence-corrected chi connectivity index (χ2v) is 3.66. The fourth-order valence-corrected chi connectivity index (χ4v) is 1.69. The lowest BCUT2D eigenvalue weighted by Gasteiger charge is -2.14. The molecule has 0 aliphatic carbocycles. The number of aromatic nitrogens is 2. The molecular formula is C9H11N5O3. The first kappa shape index (κ1) is 11.1. The molecule has 0 fully saturated rings. The lowest BCUT2D eigenvalue weighted by atomic mass is 10.4. The molecule has 0 spiro atoms. The SMILES string of the molecule is CC(=O)N1CN(C(C)=O)c2c1nc(N)[nH]c2=O. The molecular weight excluding hydrogens is 226 g/mol. The molecule has 0 saturated heterocycles. The number of nitrogens with zero attached hydrogens (tertiary/aromatic N) is 3. The summed E-state index contributed by atoms with van der Waals surface area (Å²) in [5.41, 5.74) is 4.93. The molecule has 2 heterocycles. The highest BCUT2D eigenvalue weighted by molar-refractivity contribution is 6.04. The Morgan fingerprint density at radius 2 is 1.88 bits per heavy atom. The minimum atomic E-state index is -0.536. The van der Waals surface area contributed by atoms with Crippen molar-refractivity contribution in [2.45, 2.75) is 13.8 Å². The van der Waals surface area contributed by atoms with Crippen molar-refractivity contribution < 1.29 is 9.59 Å². The van der Waals surface area contributed by atoms with Crippen LogP contribution in [0.15, 0.2) is 4.79 Å². The Balaban J connectivity index is 2.67. The van der Waals surface area contributed by atoms with Crippen LogP contribution in [0, 0.1) is 0 Å². The van der Waals surface area contributed by atoms with Crippen LogP contribution in [-0.2, 0) is 9.59 Å². The number of carbonyl (C=O) groups excluding carboxylic acids is 2. The summed E-state index contributed by atoms with van der Waals surface area (Å²) in [4.78, 5) is 43.1. The maximum absolute atomic E-state index is 11.7. The topological polar surface area (TPSA) is 112 Å². The predicted octanol–water partition coefficient (Wildman–Crippen LogP) is -0.971. The Morgan fingerprint density at radius 1 is 1.29 bits per heavy atom. The average molecular weight is 237 g/mol. The van der Waals surface area contributed by atoms with E-state index in [4.69, 9.17) is 5.73 Å². The van der Waals surface area contributed by atoms with E-state index in [1.807, 2.05) is 0 Å². The summed E-state index contributed by atoms with van der Waals surface area (Å²) in [5, 5.41) is 0. The third-order valence-corrected chi connectivity index (χ3v) is 2.46. The van der Waals surface area contributed by atoms with E-state index in [9.17, 15) is 14.4 Å². The van der Waals surface area contributed by atoms with Gasteiger partial charge in [-0.2, -0.15) is 4.98 Å². The van der Waals surface area contributed by atoms with Crippen LogP contribution in [0.2, 0.25) is 0 Å². The van der Waals surface area contributed by atoms with E-state index in [1.54, 1.807) is 0 Å². The molecule has 90 valence electrons. The van der Waals surface area contributed by atoms with Gasteiger partial charge in [0.2, 0.25) is 17.8 Å². The zero-order chi connectivity index (χ0) is 12.7. The quantitative estimate of drug-likeness (QED) is 0.602. The van der Waals surface area contributed by atoms with Crippen molar-refractivity contribution in [1.29, 1.82) is 0 Å². The second kappa shape index (κ2) is 3.58. The molecule has 0 aromatic carbocycles. The van der Waals surface area contributed by atoms with Crippen molar-refractivity contribution in [3.63, 3.8) is 0 Å². The first-order chi connectivity index (χ1) is 7.91. The lowest BCUT2D eigenvalue weighted by molar-refractivity contribution is -0.117. The van der Waals surface area contributed by atoms with Gasteiger partial charge in [0.15, 0.2) is 11.5 Å². The smallest absolute Gasteiger partial charge is 0.278 e. The molecule has 1 aromatic heterocycles. The minimum absolute atomic E-state index is 0.0144. The Kier molecular flexibility index (Phi) is 2.34. The number of hydrogen-bond donors (Lipinski definition) is 2. The number of rotatable bonds is 0. The van der Waals surface area contributed by atoms with Crippen LogP contribution in [0.3, 0.4) is 0 Å². The molecule has 1 aliphatic rings. The number of nitrogens with one attached hydrogen (secondary N) is 1. The van der Waals surface area contributed by atoms with E-state index in [0.717, 1.165) is 0 Å². The number of aromatic amines is 1. The fraction of sp³-hybridized carbons (Fsp3) is 0.333. The van der Waals surface area contributed by atoms with Gasteiger partial charge in [-0.1, -0.05) is 0 Å². The van der Waals surface area contributed by atoms with Gasteiger partial charge >= 0.3 is 0 Å². The van der Waals surface area contributed by atoms with E-state index in [0.29, 0.717) is 0 Å². The third-order valence-electron chi connectivity index (χ3n) is 2.46. The zero-order valence-corrected chi connectivity index (χ0v) is 9.35. The second-order valence-electron chi connectivity index (χ2n) is 3.66. The maximum Gasteiger partial charge on any atom is 0.278 e. The number of fused-ring (bicyclic) bond motifs is 1. The molecule has 0 unspecified atom stereocenters. The van der Waals surface area contributed by atoms with Crippen LogP contribution >= 0.6 is 0 Å². The zero-order valence-electron chi connectivity index (χ0n) is 9.35. The van der Waals surface area contributed by atoms with Crippen molar-refractivity contribution in [2.24, 2.45) is 0 Å². The number of H-pyrrole nitrogens is 1. The monoisotopic (exact) mass is 237 g/mol. The van der Waals surface area contributed by atoms with Crippen LogP contribution in [0.5, 0.6) is 0 Å². The number of amides is 2. The van der Waals surface area contributed by atoms with Crippen LogP contribution in [0.4, 0.5) is 17.5 Å². The van der Waals surface area contributed by atoms with Crippen molar-refractivity contribution in [1.82, 2.24) is 9.97 Å². The molecule has 1 aromatic rings. The van der Waals surface area contributed by atoms with Crippen LogP contribution < -0.4 is 21.1 Å². The van der Waals surface area contributed by atoms with E-state index in [2.05, 4.69) is 9.97 Å². The Labute approximate surface area is 96.0 Å². The molecule has 0 radical (unpaired) electrons. The van der Waals surface area contributed by atoms with Gasteiger partial charge in [0.1, 0.15) is 6.67 Å². The van der Waals surface area contributed by atoms with Crippen molar-refractivity contribution in [3.8, 4) is 0 Å². The van der Waals surface area contributed by atoms with Crippen molar-refractivity contribution >= 4 is 29.3 Å². The van der Waals surface area contributed by atoms with Gasteiger partial charge in [-0.15, -0.1) is 0 Å². The number of anilines is 3. The summed E-state index contributed by atoms with van der Waals surface area (Å²) in [6.07, 6.45) is 0. The Hall–Kier alpha value is -2.38. The summed E-state index contributed by atoms with van der Waals surface area (Å²) in [6, 6.07) is 0. The van der Waals surface area contributed by atoms with Gasteiger partial charge < -0.3 is 5.73 Å². The van der Waals surface area contributed by atoms with Crippen LogP contribution in [0.25, 0.3) is 0 Å². The standard InChI is InChI=1S/C9H11N5O3/c1-4(15)13-3-14(5(2)16)7-6(13)8(17)12-9(10)11-7/h3H2,1-2H3,(H3,10,11,12,17). The predicted molar refractivity (Wildman–Crippen MR) is 60.5 cm³/mol. The van der Waals surface area contributed by atoms with Crippen molar-refractivity contribution in [3.05, 3.63) is 10.4 Å². The number of nitrogen functional groups attached to an aromatic ring is 1. The molecule has 2 rings (SSSR count). The van der Waals surface area contributed by atoms with E-state index < -0.39 is 5.56 Å². The lowest BCUT2D eigenvalue weighted by Crippen LogP contribution is -2.37. The minimum Gasteiger partial charge on any atom is -0.369 e. The van der Waals surface area contributed by atoms with Gasteiger partial charge in [-0.3, -0.25) is 29.2 Å².